The number of benzene rings is 1. The standard InChI is InChI=1S/C13H12N6O2/c1-18-7-8(6-11(18)12(14)20)15-13(21)19-10-5-3-2-4-9(10)16-17-19/h2-7H,1H3,(H2,14,20)(H,15,21). The molecular formula is C13H12N6O2. The van der Waals surface area contributed by atoms with E-state index in [0.717, 1.165) is 4.68 Å². The molecule has 0 fully saturated rings. The minimum Gasteiger partial charge on any atom is -0.364 e. The molecule has 21 heavy (non-hydrogen) atoms. The largest absolute Gasteiger partial charge is 0.364 e. The highest BCUT2D eigenvalue weighted by atomic mass is 16.2. The van der Waals surface area contributed by atoms with Crippen LogP contribution >= 0.6 is 0 Å². The Bertz CT molecular complexity index is 847. The number of aryl methyl sites for hydroxylation is 1. The number of aromatic nitrogens is 4. The molecule has 0 saturated carbocycles. The summed E-state index contributed by atoms with van der Waals surface area (Å²) in [6, 6.07) is 8.15. The number of amides is 2. The van der Waals surface area contributed by atoms with Gasteiger partial charge in [-0.05, 0) is 18.2 Å². The average molecular weight is 284 g/mol. The Morgan fingerprint density at radius 3 is 2.76 bits per heavy atom. The van der Waals surface area contributed by atoms with E-state index in [1.54, 1.807) is 31.4 Å². The molecule has 8 heteroatoms. The first-order valence-electron chi connectivity index (χ1n) is 6.14. The normalized spacial score (nSPS) is 10.7. The molecule has 0 saturated heterocycles. The summed E-state index contributed by atoms with van der Waals surface area (Å²) in [6.07, 6.45) is 1.59. The first-order chi connectivity index (χ1) is 10.1. The Morgan fingerprint density at radius 1 is 1.29 bits per heavy atom. The maximum Gasteiger partial charge on any atom is 0.348 e. The Hall–Kier alpha value is -3.16. The van der Waals surface area contributed by atoms with Gasteiger partial charge in [0.25, 0.3) is 5.91 Å². The third kappa shape index (κ3) is 2.22. The number of fused-ring (bicyclic) bond motifs is 1. The highest BCUT2D eigenvalue weighted by Gasteiger charge is 2.14. The summed E-state index contributed by atoms with van der Waals surface area (Å²) >= 11 is 0. The van der Waals surface area contributed by atoms with Crippen molar-refractivity contribution in [2.24, 2.45) is 12.8 Å². The van der Waals surface area contributed by atoms with Crippen LogP contribution in [0, 0.1) is 0 Å². The van der Waals surface area contributed by atoms with E-state index in [2.05, 4.69) is 15.6 Å². The molecule has 2 heterocycles. The minimum absolute atomic E-state index is 0.300. The second kappa shape index (κ2) is 4.75. The van der Waals surface area contributed by atoms with E-state index in [-0.39, 0.29) is 0 Å². The van der Waals surface area contributed by atoms with Crippen molar-refractivity contribution in [3.8, 4) is 0 Å². The fraction of sp³-hybridized carbons (Fsp3) is 0.0769. The smallest absolute Gasteiger partial charge is 0.348 e. The average Bonchev–Trinajstić information content (AvgIpc) is 3.02. The van der Waals surface area contributed by atoms with Crippen LogP contribution in [0.5, 0.6) is 0 Å². The molecule has 106 valence electrons. The zero-order valence-electron chi connectivity index (χ0n) is 11.1. The highest BCUT2D eigenvalue weighted by Crippen LogP contribution is 2.14. The number of primary amides is 1. The van der Waals surface area contributed by atoms with Gasteiger partial charge in [0, 0.05) is 13.2 Å². The van der Waals surface area contributed by atoms with E-state index >= 15 is 0 Å². The molecule has 0 aliphatic heterocycles. The monoisotopic (exact) mass is 284 g/mol. The van der Waals surface area contributed by atoms with Crippen LogP contribution in [0.2, 0.25) is 0 Å². The van der Waals surface area contributed by atoms with Crippen molar-refractivity contribution in [3.63, 3.8) is 0 Å². The van der Waals surface area contributed by atoms with Crippen molar-refractivity contribution in [1.29, 1.82) is 0 Å². The van der Waals surface area contributed by atoms with Crippen molar-refractivity contribution in [2.75, 3.05) is 5.32 Å². The number of nitrogens with two attached hydrogens (primary N) is 1. The predicted octanol–water partition coefficient (Wildman–Crippen LogP) is 0.949. The highest BCUT2D eigenvalue weighted by molar-refractivity contribution is 5.98. The molecule has 3 rings (SSSR count). The molecule has 3 aromatic rings. The molecule has 0 radical (unpaired) electrons. The molecule has 2 aromatic heterocycles. The first-order valence-corrected chi connectivity index (χ1v) is 6.14. The van der Waals surface area contributed by atoms with Crippen molar-refractivity contribution >= 4 is 28.7 Å². The van der Waals surface area contributed by atoms with Gasteiger partial charge in [-0.25, -0.2) is 4.79 Å². The van der Waals surface area contributed by atoms with Gasteiger partial charge < -0.3 is 15.6 Å². The van der Waals surface area contributed by atoms with Gasteiger partial charge in [0.05, 0.1) is 11.2 Å². The Labute approximate surface area is 119 Å². The van der Waals surface area contributed by atoms with Crippen LogP contribution in [0.4, 0.5) is 10.5 Å². The number of hydrogen-bond donors (Lipinski definition) is 2. The van der Waals surface area contributed by atoms with Gasteiger partial charge in [0.2, 0.25) is 0 Å². The quantitative estimate of drug-likeness (QED) is 0.730. The van der Waals surface area contributed by atoms with E-state index < -0.39 is 11.9 Å². The molecule has 0 bridgehead atoms. The molecule has 0 spiro atoms. The Kier molecular flexibility index (Phi) is 2.90. The lowest BCUT2D eigenvalue weighted by molar-refractivity contribution is 0.0992. The van der Waals surface area contributed by atoms with E-state index in [1.165, 1.54) is 10.6 Å². The summed E-state index contributed by atoms with van der Waals surface area (Å²) in [5.41, 5.74) is 7.20. The summed E-state index contributed by atoms with van der Waals surface area (Å²) in [5, 5.41) is 10.4. The van der Waals surface area contributed by atoms with E-state index in [1.807, 2.05) is 6.07 Å². The van der Waals surface area contributed by atoms with Crippen LogP contribution in [-0.2, 0) is 7.05 Å². The Morgan fingerprint density at radius 2 is 2.05 bits per heavy atom. The number of carbonyl (C=O) groups excluding carboxylic acids is 2. The van der Waals surface area contributed by atoms with Crippen molar-refractivity contribution in [3.05, 3.63) is 42.2 Å². The summed E-state index contributed by atoms with van der Waals surface area (Å²) in [6.45, 7) is 0. The summed E-state index contributed by atoms with van der Waals surface area (Å²) < 4.78 is 2.70. The van der Waals surface area contributed by atoms with E-state index in [9.17, 15) is 9.59 Å². The van der Waals surface area contributed by atoms with Gasteiger partial charge in [-0.15, -0.1) is 5.10 Å². The third-order valence-corrected chi connectivity index (χ3v) is 3.05. The fourth-order valence-electron chi connectivity index (χ4n) is 2.07. The lowest BCUT2D eigenvalue weighted by Crippen LogP contribution is -2.20. The van der Waals surface area contributed by atoms with Gasteiger partial charge in [-0.2, -0.15) is 4.68 Å². The second-order valence-electron chi connectivity index (χ2n) is 4.51. The van der Waals surface area contributed by atoms with Gasteiger partial charge in [-0.1, -0.05) is 17.3 Å². The summed E-state index contributed by atoms with van der Waals surface area (Å²) in [7, 11) is 1.67. The molecule has 0 unspecified atom stereocenters. The number of nitrogens with one attached hydrogen (secondary N) is 1. The van der Waals surface area contributed by atoms with E-state index in [0.29, 0.717) is 22.4 Å². The van der Waals surface area contributed by atoms with Gasteiger partial charge in [-0.3, -0.25) is 4.79 Å². The second-order valence-corrected chi connectivity index (χ2v) is 4.51. The Balaban J connectivity index is 1.90. The molecule has 0 atom stereocenters. The SMILES string of the molecule is Cn1cc(NC(=O)n2nnc3ccccc32)cc1C(N)=O. The molecule has 8 nitrogen and oxygen atoms in total. The molecule has 0 aliphatic carbocycles. The molecule has 1 aromatic carbocycles. The predicted molar refractivity (Wildman–Crippen MR) is 75.9 cm³/mol. The maximum absolute atomic E-state index is 12.2. The number of anilines is 1. The fourth-order valence-corrected chi connectivity index (χ4v) is 2.07. The number of nitrogens with zero attached hydrogens (tertiary/aromatic N) is 4. The molecule has 0 aliphatic rings. The summed E-state index contributed by atoms with van der Waals surface area (Å²) in [5.74, 6) is -0.566. The number of hydrogen-bond acceptors (Lipinski definition) is 4. The number of carbonyl (C=O) groups is 2. The van der Waals surface area contributed by atoms with Crippen LogP contribution < -0.4 is 11.1 Å². The van der Waals surface area contributed by atoms with Crippen molar-refractivity contribution in [2.45, 2.75) is 0 Å². The van der Waals surface area contributed by atoms with Gasteiger partial charge in [0.15, 0.2) is 0 Å². The van der Waals surface area contributed by atoms with Crippen LogP contribution in [-0.4, -0.2) is 31.5 Å². The molecule has 2 amide bonds. The molecular weight excluding hydrogens is 272 g/mol. The molecule has 3 N–H and O–H groups in total. The summed E-state index contributed by atoms with van der Waals surface area (Å²) in [4.78, 5) is 23.4. The van der Waals surface area contributed by atoms with Crippen LogP contribution in [0.15, 0.2) is 36.5 Å². The van der Waals surface area contributed by atoms with Crippen molar-refractivity contribution < 1.29 is 9.59 Å². The van der Waals surface area contributed by atoms with E-state index in [4.69, 9.17) is 5.73 Å². The van der Waals surface area contributed by atoms with Crippen molar-refractivity contribution in [1.82, 2.24) is 19.6 Å². The maximum atomic E-state index is 12.2. The van der Waals surface area contributed by atoms with Gasteiger partial charge in [0.1, 0.15) is 11.2 Å². The third-order valence-electron chi connectivity index (χ3n) is 3.05. The number of rotatable bonds is 2. The van der Waals surface area contributed by atoms with Crippen LogP contribution in [0.3, 0.4) is 0 Å². The van der Waals surface area contributed by atoms with Gasteiger partial charge >= 0.3 is 6.03 Å². The lowest BCUT2D eigenvalue weighted by Gasteiger charge is -2.02. The lowest BCUT2D eigenvalue weighted by atomic mass is 10.3. The minimum atomic E-state index is -0.566. The van der Waals surface area contributed by atoms with Crippen LogP contribution in [0.1, 0.15) is 10.5 Å². The number of para-hydroxylation sites is 1. The van der Waals surface area contributed by atoms with Crippen LogP contribution in [0.25, 0.3) is 11.0 Å². The topological polar surface area (TPSA) is 108 Å². The zero-order valence-corrected chi connectivity index (χ0v) is 11.1. The zero-order chi connectivity index (χ0) is 15.0. The first kappa shape index (κ1) is 12.9.